The summed E-state index contributed by atoms with van der Waals surface area (Å²) in [6, 6.07) is 21.5. The summed E-state index contributed by atoms with van der Waals surface area (Å²) < 4.78 is 2.31. The van der Waals surface area contributed by atoms with E-state index in [4.69, 9.17) is 0 Å². The van der Waals surface area contributed by atoms with Crippen molar-refractivity contribution in [2.45, 2.75) is 11.8 Å². The van der Waals surface area contributed by atoms with Crippen molar-refractivity contribution in [3.8, 4) is 5.69 Å². The van der Waals surface area contributed by atoms with Crippen LogP contribution in [0.25, 0.3) is 5.69 Å². The van der Waals surface area contributed by atoms with Gasteiger partial charge < -0.3 is 4.57 Å². The van der Waals surface area contributed by atoms with E-state index in [1.165, 1.54) is 22.5 Å². The topological polar surface area (TPSA) is 17.3 Å². The SMILES string of the molecule is C1=Nc2ccccc2C12Cc1ccccc1-n1cccc12. The summed E-state index contributed by atoms with van der Waals surface area (Å²) in [7, 11) is 0. The maximum absolute atomic E-state index is 4.69. The first kappa shape index (κ1) is 11.1. The Morgan fingerprint density at radius 1 is 0.905 bits per heavy atom. The molecule has 0 radical (unpaired) electrons. The van der Waals surface area contributed by atoms with E-state index in [0.717, 1.165) is 12.1 Å². The molecule has 0 saturated heterocycles. The number of aromatic nitrogens is 1. The molecule has 3 heterocycles. The largest absolute Gasteiger partial charge is 0.319 e. The first-order valence-electron chi connectivity index (χ1n) is 7.29. The van der Waals surface area contributed by atoms with Gasteiger partial charge in [-0.05, 0) is 41.8 Å². The number of hydrogen-bond donors (Lipinski definition) is 0. The van der Waals surface area contributed by atoms with Gasteiger partial charge in [-0.25, -0.2) is 0 Å². The summed E-state index contributed by atoms with van der Waals surface area (Å²) >= 11 is 0. The minimum Gasteiger partial charge on any atom is -0.319 e. The van der Waals surface area contributed by atoms with Gasteiger partial charge in [-0.15, -0.1) is 0 Å². The highest BCUT2D eigenvalue weighted by Gasteiger charge is 2.43. The molecule has 2 nitrogen and oxygen atoms in total. The molecule has 1 atom stereocenters. The summed E-state index contributed by atoms with van der Waals surface area (Å²) in [6.45, 7) is 0. The lowest BCUT2D eigenvalue weighted by Gasteiger charge is -2.35. The van der Waals surface area contributed by atoms with Gasteiger partial charge in [-0.3, -0.25) is 4.99 Å². The number of benzene rings is 2. The van der Waals surface area contributed by atoms with Crippen molar-refractivity contribution in [3.05, 3.63) is 83.7 Å². The Hall–Kier alpha value is -2.61. The van der Waals surface area contributed by atoms with Gasteiger partial charge >= 0.3 is 0 Å². The quantitative estimate of drug-likeness (QED) is 0.586. The van der Waals surface area contributed by atoms with Gasteiger partial charge in [0.05, 0.1) is 11.1 Å². The molecule has 2 aliphatic heterocycles. The van der Waals surface area contributed by atoms with E-state index in [0.29, 0.717) is 0 Å². The van der Waals surface area contributed by atoms with Gasteiger partial charge in [0.2, 0.25) is 0 Å². The zero-order chi connectivity index (χ0) is 13.9. The van der Waals surface area contributed by atoms with Crippen LogP contribution in [0.4, 0.5) is 5.69 Å². The van der Waals surface area contributed by atoms with Crippen molar-refractivity contribution in [1.29, 1.82) is 0 Å². The maximum atomic E-state index is 4.69. The Bertz CT molecular complexity index is 888. The summed E-state index contributed by atoms with van der Waals surface area (Å²) in [5.74, 6) is 0. The average Bonchev–Trinajstić information content (AvgIpc) is 3.15. The van der Waals surface area contributed by atoms with Gasteiger partial charge in [0.15, 0.2) is 0 Å². The van der Waals surface area contributed by atoms with E-state index in [1.807, 2.05) is 0 Å². The number of aliphatic imine (C=N–C) groups is 1. The third-order valence-corrected chi connectivity index (χ3v) is 4.73. The molecular formula is C19H14N2. The van der Waals surface area contributed by atoms with Crippen LogP contribution in [-0.2, 0) is 11.8 Å². The standard InChI is InChI=1S/C19H14N2/c1-4-9-17-14(6-1)12-19(18-10-5-11-21(17)18)13-20-16-8-3-2-7-15(16)19/h1-11,13H,12H2. The Balaban J connectivity index is 1.85. The minimum atomic E-state index is -0.117. The van der Waals surface area contributed by atoms with Crippen molar-refractivity contribution >= 4 is 11.9 Å². The second kappa shape index (κ2) is 3.73. The van der Waals surface area contributed by atoms with E-state index in [-0.39, 0.29) is 5.41 Å². The zero-order valence-corrected chi connectivity index (χ0v) is 11.5. The fourth-order valence-corrected chi connectivity index (χ4v) is 3.80. The molecule has 2 aromatic carbocycles. The van der Waals surface area contributed by atoms with Crippen LogP contribution in [0.5, 0.6) is 0 Å². The third-order valence-electron chi connectivity index (χ3n) is 4.73. The second-order valence-corrected chi connectivity index (χ2v) is 5.82. The predicted molar refractivity (Wildman–Crippen MR) is 84.8 cm³/mol. The maximum Gasteiger partial charge on any atom is 0.0772 e. The molecule has 0 fully saturated rings. The molecule has 0 N–H and O–H groups in total. The van der Waals surface area contributed by atoms with Crippen LogP contribution in [-0.4, -0.2) is 10.8 Å². The first-order valence-corrected chi connectivity index (χ1v) is 7.29. The normalized spacial score (nSPS) is 21.1. The fourth-order valence-electron chi connectivity index (χ4n) is 3.80. The highest BCUT2D eigenvalue weighted by molar-refractivity contribution is 5.90. The minimum absolute atomic E-state index is 0.117. The number of para-hydroxylation sites is 2. The molecule has 1 spiro atoms. The smallest absolute Gasteiger partial charge is 0.0772 e. The summed E-state index contributed by atoms with van der Waals surface area (Å²) in [5, 5.41) is 0. The van der Waals surface area contributed by atoms with Crippen molar-refractivity contribution in [1.82, 2.24) is 4.57 Å². The number of rotatable bonds is 0. The molecule has 0 saturated carbocycles. The highest BCUT2D eigenvalue weighted by atomic mass is 15.0. The first-order chi connectivity index (χ1) is 10.4. The molecule has 100 valence electrons. The molecule has 0 bridgehead atoms. The Morgan fingerprint density at radius 3 is 2.76 bits per heavy atom. The molecule has 2 heteroatoms. The molecule has 1 unspecified atom stereocenters. The van der Waals surface area contributed by atoms with E-state index >= 15 is 0 Å². The molecule has 1 aromatic heterocycles. The van der Waals surface area contributed by atoms with Crippen LogP contribution < -0.4 is 0 Å². The Labute approximate surface area is 123 Å². The number of fused-ring (bicyclic) bond motifs is 6. The van der Waals surface area contributed by atoms with Crippen molar-refractivity contribution in [2.24, 2.45) is 4.99 Å². The summed E-state index contributed by atoms with van der Waals surface area (Å²) in [6.07, 6.45) is 5.27. The van der Waals surface area contributed by atoms with E-state index < -0.39 is 0 Å². The summed E-state index contributed by atoms with van der Waals surface area (Å²) in [5.41, 5.74) is 6.29. The monoisotopic (exact) mass is 270 g/mol. The van der Waals surface area contributed by atoms with Gasteiger partial charge in [0.25, 0.3) is 0 Å². The fraction of sp³-hybridized carbons (Fsp3) is 0.105. The van der Waals surface area contributed by atoms with Crippen LogP contribution in [0.15, 0.2) is 71.9 Å². The van der Waals surface area contributed by atoms with Crippen LogP contribution in [0.1, 0.15) is 16.8 Å². The number of hydrogen-bond acceptors (Lipinski definition) is 1. The number of nitrogens with zero attached hydrogens (tertiary/aromatic N) is 2. The van der Waals surface area contributed by atoms with Gasteiger partial charge in [0.1, 0.15) is 0 Å². The van der Waals surface area contributed by atoms with E-state index in [1.54, 1.807) is 0 Å². The van der Waals surface area contributed by atoms with Gasteiger partial charge in [-0.1, -0.05) is 36.4 Å². The molecular weight excluding hydrogens is 256 g/mol. The lowest BCUT2D eigenvalue weighted by Crippen LogP contribution is -2.36. The predicted octanol–water partition coefficient (Wildman–Crippen LogP) is 4.04. The lowest BCUT2D eigenvalue weighted by molar-refractivity contribution is 0.633. The summed E-state index contributed by atoms with van der Waals surface area (Å²) in [4.78, 5) is 4.69. The van der Waals surface area contributed by atoms with Crippen molar-refractivity contribution < 1.29 is 0 Å². The van der Waals surface area contributed by atoms with Crippen LogP contribution in [0.2, 0.25) is 0 Å². The van der Waals surface area contributed by atoms with Crippen LogP contribution in [0, 0.1) is 0 Å². The molecule has 0 amide bonds. The lowest BCUT2D eigenvalue weighted by atomic mass is 9.72. The van der Waals surface area contributed by atoms with E-state index in [9.17, 15) is 0 Å². The molecule has 3 aromatic rings. The average molecular weight is 270 g/mol. The zero-order valence-electron chi connectivity index (χ0n) is 11.5. The second-order valence-electron chi connectivity index (χ2n) is 5.82. The van der Waals surface area contributed by atoms with Crippen LogP contribution in [0.3, 0.4) is 0 Å². The van der Waals surface area contributed by atoms with Gasteiger partial charge in [-0.2, -0.15) is 0 Å². The van der Waals surface area contributed by atoms with Gasteiger partial charge in [0, 0.05) is 23.8 Å². The van der Waals surface area contributed by atoms with Crippen molar-refractivity contribution in [2.75, 3.05) is 0 Å². The molecule has 2 aliphatic rings. The highest BCUT2D eigenvalue weighted by Crippen LogP contribution is 2.47. The van der Waals surface area contributed by atoms with E-state index in [2.05, 4.69) is 82.6 Å². The van der Waals surface area contributed by atoms with Crippen molar-refractivity contribution in [3.63, 3.8) is 0 Å². The third kappa shape index (κ3) is 1.30. The molecule has 5 rings (SSSR count). The van der Waals surface area contributed by atoms with Crippen LogP contribution >= 0.6 is 0 Å². The molecule has 0 aliphatic carbocycles. The Kier molecular flexibility index (Phi) is 1.97. The molecule has 21 heavy (non-hydrogen) atoms. The Morgan fingerprint density at radius 2 is 1.76 bits per heavy atom.